The molecule has 0 unspecified atom stereocenters. The van der Waals surface area contributed by atoms with Crippen LogP contribution < -0.4 is 15.4 Å². The Kier molecular flexibility index (Phi) is 8.46. The molecule has 0 fully saturated rings. The van der Waals surface area contributed by atoms with Gasteiger partial charge in [-0.3, -0.25) is 9.59 Å². The summed E-state index contributed by atoms with van der Waals surface area (Å²) in [5.74, 6) is -0.443. The third kappa shape index (κ3) is 7.24. The maximum absolute atomic E-state index is 12.0. The van der Waals surface area contributed by atoms with Crippen molar-refractivity contribution in [1.29, 1.82) is 0 Å². The van der Waals surface area contributed by atoms with Crippen LogP contribution in [0.5, 0.6) is 5.75 Å². The number of esters is 1. The summed E-state index contributed by atoms with van der Waals surface area (Å²) in [5, 5.41) is 5.11. The first-order valence-corrected chi connectivity index (χ1v) is 8.25. The molecular formula is C18H26N2O5. The highest BCUT2D eigenvalue weighted by molar-refractivity contribution is 5.97. The van der Waals surface area contributed by atoms with Crippen LogP contribution in [0.4, 0.5) is 0 Å². The highest BCUT2D eigenvalue weighted by atomic mass is 16.5. The summed E-state index contributed by atoms with van der Waals surface area (Å²) in [7, 11) is 1.27. The topological polar surface area (TPSA) is 93.7 Å². The number of amides is 2. The highest BCUT2D eigenvalue weighted by Gasteiger charge is 2.22. The van der Waals surface area contributed by atoms with E-state index in [4.69, 9.17) is 4.74 Å². The molecule has 0 saturated heterocycles. The molecule has 2 amide bonds. The first kappa shape index (κ1) is 20.5. The van der Waals surface area contributed by atoms with Crippen LogP contribution in [0.25, 0.3) is 0 Å². The average molecular weight is 350 g/mol. The van der Waals surface area contributed by atoms with Gasteiger partial charge in [-0.1, -0.05) is 13.8 Å². The Morgan fingerprint density at radius 2 is 1.76 bits per heavy atom. The van der Waals surface area contributed by atoms with Crippen molar-refractivity contribution in [3.05, 3.63) is 29.8 Å². The van der Waals surface area contributed by atoms with Crippen molar-refractivity contribution in [3.8, 4) is 5.75 Å². The van der Waals surface area contributed by atoms with Crippen LogP contribution in [0.15, 0.2) is 24.3 Å². The molecular weight excluding hydrogens is 324 g/mol. The van der Waals surface area contributed by atoms with Crippen LogP contribution in [0.1, 0.15) is 37.6 Å². The van der Waals surface area contributed by atoms with E-state index in [0.717, 1.165) is 0 Å². The van der Waals surface area contributed by atoms with Crippen molar-refractivity contribution in [2.24, 2.45) is 5.92 Å². The summed E-state index contributed by atoms with van der Waals surface area (Å²) in [5.41, 5.74) is 0.419. The standard InChI is InChI=1S/C18H26N2O5/c1-5-25-14-8-6-13(7-9-14)17(22)19-11-16(21)20-15(10-12(2)3)18(23)24-4/h6-9,12,15H,5,10-11H2,1-4H3,(H,19,22)(H,20,21)/t15-/m0/s1. The molecule has 0 spiro atoms. The predicted octanol–water partition coefficient (Wildman–Crippen LogP) is 1.52. The Morgan fingerprint density at radius 1 is 1.12 bits per heavy atom. The molecule has 0 aromatic heterocycles. The Hall–Kier alpha value is -2.57. The van der Waals surface area contributed by atoms with E-state index in [1.165, 1.54) is 7.11 Å². The zero-order valence-corrected chi connectivity index (χ0v) is 15.1. The van der Waals surface area contributed by atoms with Gasteiger partial charge in [0.05, 0.1) is 20.3 Å². The minimum Gasteiger partial charge on any atom is -0.494 e. The van der Waals surface area contributed by atoms with Crippen LogP contribution in [0, 0.1) is 5.92 Å². The third-order valence-corrected chi connectivity index (χ3v) is 3.37. The Bertz CT molecular complexity index is 584. The average Bonchev–Trinajstić information content (AvgIpc) is 2.59. The summed E-state index contributed by atoms with van der Waals surface area (Å²) in [6.45, 7) is 6.08. The molecule has 1 rings (SSSR count). The second-order valence-corrected chi connectivity index (χ2v) is 5.91. The normalized spacial score (nSPS) is 11.6. The lowest BCUT2D eigenvalue weighted by atomic mass is 10.0. The summed E-state index contributed by atoms with van der Waals surface area (Å²) in [6.07, 6.45) is 0.464. The van der Waals surface area contributed by atoms with E-state index in [1.807, 2.05) is 20.8 Å². The van der Waals surface area contributed by atoms with Crippen LogP contribution in [0.2, 0.25) is 0 Å². The number of methoxy groups -OCH3 is 1. The van der Waals surface area contributed by atoms with Gasteiger partial charge < -0.3 is 20.1 Å². The molecule has 0 aliphatic rings. The number of carbonyl (C=O) groups is 3. The van der Waals surface area contributed by atoms with Crippen LogP contribution >= 0.6 is 0 Å². The second kappa shape index (κ2) is 10.3. The Morgan fingerprint density at radius 3 is 2.28 bits per heavy atom. The van der Waals surface area contributed by atoms with Crippen molar-refractivity contribution in [1.82, 2.24) is 10.6 Å². The zero-order valence-electron chi connectivity index (χ0n) is 15.1. The maximum atomic E-state index is 12.0. The smallest absolute Gasteiger partial charge is 0.328 e. The van der Waals surface area contributed by atoms with Gasteiger partial charge in [-0.15, -0.1) is 0 Å². The highest BCUT2D eigenvalue weighted by Crippen LogP contribution is 2.12. The van der Waals surface area contributed by atoms with E-state index >= 15 is 0 Å². The van der Waals surface area contributed by atoms with E-state index in [0.29, 0.717) is 24.3 Å². The molecule has 0 aliphatic heterocycles. The van der Waals surface area contributed by atoms with Gasteiger partial charge in [0.15, 0.2) is 0 Å². The van der Waals surface area contributed by atoms with Gasteiger partial charge in [0.1, 0.15) is 11.8 Å². The molecule has 0 heterocycles. The molecule has 0 aliphatic carbocycles. The van der Waals surface area contributed by atoms with Gasteiger partial charge in [0, 0.05) is 5.56 Å². The van der Waals surface area contributed by atoms with Gasteiger partial charge in [-0.25, -0.2) is 4.79 Å². The van der Waals surface area contributed by atoms with Crippen LogP contribution in [0.3, 0.4) is 0 Å². The van der Waals surface area contributed by atoms with Crippen LogP contribution in [-0.4, -0.2) is 44.1 Å². The molecule has 0 saturated carbocycles. The number of carbonyl (C=O) groups excluding carboxylic acids is 3. The lowest BCUT2D eigenvalue weighted by Gasteiger charge is -2.18. The number of hydrogen-bond donors (Lipinski definition) is 2. The first-order valence-electron chi connectivity index (χ1n) is 8.25. The van der Waals surface area contributed by atoms with Crippen LogP contribution in [-0.2, 0) is 14.3 Å². The fraction of sp³-hybridized carbons (Fsp3) is 0.500. The molecule has 7 nitrogen and oxygen atoms in total. The first-order chi connectivity index (χ1) is 11.9. The van der Waals surface area contributed by atoms with Crippen molar-refractivity contribution in [2.45, 2.75) is 33.2 Å². The lowest BCUT2D eigenvalue weighted by molar-refractivity contribution is -0.145. The lowest BCUT2D eigenvalue weighted by Crippen LogP contribution is -2.46. The van der Waals surface area contributed by atoms with E-state index in [1.54, 1.807) is 24.3 Å². The molecule has 1 aromatic carbocycles. The minimum absolute atomic E-state index is 0.211. The Labute approximate surface area is 148 Å². The third-order valence-electron chi connectivity index (χ3n) is 3.37. The maximum Gasteiger partial charge on any atom is 0.328 e. The summed E-state index contributed by atoms with van der Waals surface area (Å²) < 4.78 is 9.99. The number of hydrogen-bond acceptors (Lipinski definition) is 5. The fourth-order valence-corrected chi connectivity index (χ4v) is 2.20. The molecule has 2 N–H and O–H groups in total. The Balaban J connectivity index is 2.53. The number of nitrogens with one attached hydrogen (secondary N) is 2. The second-order valence-electron chi connectivity index (χ2n) is 5.91. The van der Waals surface area contributed by atoms with Gasteiger partial charge >= 0.3 is 5.97 Å². The molecule has 0 radical (unpaired) electrons. The SMILES string of the molecule is CCOc1ccc(C(=O)NCC(=O)N[C@@H](CC(C)C)C(=O)OC)cc1. The summed E-state index contributed by atoms with van der Waals surface area (Å²) in [4.78, 5) is 35.7. The van der Waals surface area contributed by atoms with E-state index < -0.39 is 17.9 Å². The number of benzene rings is 1. The molecule has 7 heteroatoms. The van der Waals surface area contributed by atoms with Crippen molar-refractivity contribution < 1.29 is 23.9 Å². The number of ether oxygens (including phenoxy) is 2. The van der Waals surface area contributed by atoms with Crippen molar-refractivity contribution in [2.75, 3.05) is 20.3 Å². The van der Waals surface area contributed by atoms with Gasteiger partial charge in [-0.2, -0.15) is 0 Å². The van der Waals surface area contributed by atoms with E-state index in [-0.39, 0.29) is 18.4 Å². The number of rotatable bonds is 9. The van der Waals surface area contributed by atoms with Gasteiger partial charge in [0.2, 0.25) is 5.91 Å². The predicted molar refractivity (Wildman–Crippen MR) is 93.3 cm³/mol. The zero-order chi connectivity index (χ0) is 18.8. The molecule has 1 aromatic rings. The minimum atomic E-state index is -0.722. The van der Waals surface area contributed by atoms with Crippen molar-refractivity contribution >= 4 is 17.8 Å². The van der Waals surface area contributed by atoms with E-state index in [2.05, 4.69) is 15.4 Å². The largest absolute Gasteiger partial charge is 0.494 e. The fourth-order valence-electron chi connectivity index (χ4n) is 2.20. The molecule has 138 valence electrons. The van der Waals surface area contributed by atoms with Gasteiger partial charge in [-0.05, 0) is 43.5 Å². The molecule has 25 heavy (non-hydrogen) atoms. The van der Waals surface area contributed by atoms with E-state index in [9.17, 15) is 14.4 Å². The van der Waals surface area contributed by atoms with Gasteiger partial charge in [0.25, 0.3) is 5.91 Å². The summed E-state index contributed by atoms with van der Waals surface area (Å²) in [6, 6.07) is 5.89. The monoisotopic (exact) mass is 350 g/mol. The molecule has 1 atom stereocenters. The quantitative estimate of drug-likeness (QED) is 0.659. The summed E-state index contributed by atoms with van der Waals surface area (Å²) >= 11 is 0. The van der Waals surface area contributed by atoms with Crippen molar-refractivity contribution in [3.63, 3.8) is 0 Å². The molecule has 0 bridgehead atoms.